The topological polar surface area (TPSA) is 75.7 Å². The lowest BCUT2D eigenvalue weighted by atomic mass is 10.1. The van der Waals surface area contributed by atoms with E-state index in [9.17, 15) is 39.6 Å². The number of nitrogens with one attached hydrogen (secondary N) is 1. The number of halogens is 6. The molecule has 0 fully saturated rings. The van der Waals surface area contributed by atoms with Crippen LogP contribution in [0.5, 0.6) is 5.75 Å². The van der Waals surface area contributed by atoms with Crippen LogP contribution >= 0.6 is 0 Å². The molecule has 0 saturated heterocycles. The lowest BCUT2D eigenvalue weighted by Gasteiger charge is -2.23. The number of hydrogen-bond acceptors (Lipinski definition) is 4. The molecule has 0 spiro atoms. The quantitative estimate of drug-likeness (QED) is 0.323. The van der Waals surface area contributed by atoms with E-state index in [0.717, 1.165) is 9.87 Å². The van der Waals surface area contributed by atoms with Gasteiger partial charge in [-0.3, -0.25) is 4.79 Å². The van der Waals surface area contributed by atoms with E-state index in [0.29, 0.717) is 23.4 Å². The maximum Gasteiger partial charge on any atom is 0.416 e. The zero-order valence-corrected chi connectivity index (χ0v) is 21.5. The maximum absolute atomic E-state index is 13.5. The van der Waals surface area contributed by atoms with Crippen molar-refractivity contribution in [2.24, 2.45) is 0 Å². The number of carbonyl (C=O) groups is 1. The highest BCUT2D eigenvalue weighted by atomic mass is 32.2. The molecule has 3 rings (SSSR count). The van der Waals surface area contributed by atoms with Gasteiger partial charge in [0.15, 0.2) is 0 Å². The Labute approximate surface area is 221 Å². The van der Waals surface area contributed by atoms with Crippen LogP contribution in [0.4, 0.5) is 32.0 Å². The molecular weight excluding hydrogens is 550 g/mol. The number of hydrogen-bond donors (Lipinski definition) is 1. The second-order valence-corrected chi connectivity index (χ2v) is 10.5. The van der Waals surface area contributed by atoms with E-state index in [1.165, 1.54) is 25.3 Å². The molecule has 0 bridgehead atoms. The number of amides is 1. The van der Waals surface area contributed by atoms with Gasteiger partial charge in [-0.05, 0) is 60.9 Å². The number of nitrogens with zero attached hydrogens (tertiary/aromatic N) is 1. The van der Waals surface area contributed by atoms with Crippen molar-refractivity contribution in [3.63, 3.8) is 0 Å². The van der Waals surface area contributed by atoms with Gasteiger partial charge >= 0.3 is 12.4 Å². The Kier molecular flexibility index (Phi) is 8.96. The fourth-order valence-electron chi connectivity index (χ4n) is 3.73. The molecule has 0 radical (unpaired) electrons. The smallest absolute Gasteiger partial charge is 0.416 e. The SMILES string of the molecule is COc1ccc(S(=O)(=O)N(CCc2ccccc2)CC(=O)Nc2cc(C(F)(F)F)cc(C(F)(F)F)c2)cc1C. The summed E-state index contributed by atoms with van der Waals surface area (Å²) in [5, 5.41) is 1.98. The summed E-state index contributed by atoms with van der Waals surface area (Å²) in [6.45, 7) is 0.559. The van der Waals surface area contributed by atoms with Crippen LogP contribution in [0.25, 0.3) is 0 Å². The van der Waals surface area contributed by atoms with Crippen molar-refractivity contribution in [1.82, 2.24) is 4.31 Å². The highest BCUT2D eigenvalue weighted by Crippen LogP contribution is 2.37. The van der Waals surface area contributed by atoms with Gasteiger partial charge in [0.1, 0.15) is 5.75 Å². The van der Waals surface area contributed by atoms with E-state index >= 15 is 0 Å². The van der Waals surface area contributed by atoms with Crippen molar-refractivity contribution in [3.05, 3.63) is 89.0 Å². The van der Waals surface area contributed by atoms with Crippen LogP contribution in [0.2, 0.25) is 0 Å². The molecule has 13 heteroatoms. The Balaban J connectivity index is 1.92. The Morgan fingerprint density at radius 2 is 1.49 bits per heavy atom. The van der Waals surface area contributed by atoms with Crippen LogP contribution in [0, 0.1) is 6.92 Å². The summed E-state index contributed by atoms with van der Waals surface area (Å²) in [4.78, 5) is 12.6. The molecule has 6 nitrogen and oxygen atoms in total. The molecule has 0 aliphatic rings. The van der Waals surface area contributed by atoms with Gasteiger partial charge in [0, 0.05) is 12.2 Å². The second-order valence-electron chi connectivity index (χ2n) is 8.55. The third kappa shape index (κ3) is 7.73. The second kappa shape index (κ2) is 11.7. The summed E-state index contributed by atoms with van der Waals surface area (Å²) >= 11 is 0. The van der Waals surface area contributed by atoms with E-state index in [1.54, 1.807) is 37.3 Å². The predicted molar refractivity (Wildman–Crippen MR) is 132 cm³/mol. The van der Waals surface area contributed by atoms with Crippen molar-refractivity contribution in [2.45, 2.75) is 30.6 Å². The molecular formula is C26H24F6N2O4S. The van der Waals surface area contributed by atoms with E-state index in [1.807, 2.05) is 5.32 Å². The van der Waals surface area contributed by atoms with Gasteiger partial charge in [-0.15, -0.1) is 0 Å². The van der Waals surface area contributed by atoms with Crippen molar-refractivity contribution in [3.8, 4) is 5.75 Å². The molecule has 3 aromatic carbocycles. The summed E-state index contributed by atoms with van der Waals surface area (Å²) in [7, 11) is -2.90. The average molecular weight is 575 g/mol. The standard InChI is InChI=1S/C26H24F6N2O4S/c1-17-12-22(8-9-23(17)38-2)39(36,37)34(11-10-18-6-4-3-5-7-18)16-24(35)33-21-14-19(25(27,28)29)13-20(15-21)26(30,31)32/h3-9,12-15H,10-11,16H2,1-2H3,(H,33,35). The van der Waals surface area contributed by atoms with Crippen LogP contribution in [0.3, 0.4) is 0 Å². The number of ether oxygens (including phenoxy) is 1. The van der Waals surface area contributed by atoms with Crippen LogP contribution in [-0.2, 0) is 33.6 Å². The first-order valence-corrected chi connectivity index (χ1v) is 12.8. The highest BCUT2D eigenvalue weighted by Gasteiger charge is 2.37. The summed E-state index contributed by atoms with van der Waals surface area (Å²) < 4.78 is 112. The summed E-state index contributed by atoms with van der Waals surface area (Å²) in [6.07, 6.45) is -10.0. The Morgan fingerprint density at radius 3 is 2.00 bits per heavy atom. The molecule has 0 atom stereocenters. The largest absolute Gasteiger partial charge is 0.496 e. The average Bonchev–Trinajstić information content (AvgIpc) is 2.85. The zero-order chi connectivity index (χ0) is 29.0. The molecule has 210 valence electrons. The molecule has 3 aromatic rings. The first-order chi connectivity index (χ1) is 18.1. The van der Waals surface area contributed by atoms with Gasteiger partial charge in [-0.25, -0.2) is 8.42 Å². The first-order valence-electron chi connectivity index (χ1n) is 11.4. The lowest BCUT2D eigenvalue weighted by Crippen LogP contribution is -2.39. The number of methoxy groups -OCH3 is 1. The minimum atomic E-state index is -5.11. The maximum atomic E-state index is 13.5. The number of rotatable bonds is 9. The van der Waals surface area contributed by atoms with Crippen LogP contribution in [0.15, 0.2) is 71.6 Å². The molecule has 0 saturated carbocycles. The summed E-state index contributed by atoms with van der Waals surface area (Å²) in [5.41, 5.74) is -2.76. The van der Waals surface area contributed by atoms with Gasteiger partial charge in [0.25, 0.3) is 0 Å². The number of alkyl halides is 6. The van der Waals surface area contributed by atoms with Crippen molar-refractivity contribution >= 4 is 21.6 Å². The number of sulfonamides is 1. The molecule has 0 aromatic heterocycles. The summed E-state index contributed by atoms with van der Waals surface area (Å²) in [6, 6.07) is 13.4. The Bertz CT molecular complexity index is 1390. The minimum Gasteiger partial charge on any atom is -0.496 e. The van der Waals surface area contributed by atoms with Crippen molar-refractivity contribution < 1.29 is 44.3 Å². The van der Waals surface area contributed by atoms with E-state index in [2.05, 4.69) is 0 Å². The third-order valence-electron chi connectivity index (χ3n) is 5.69. The molecule has 1 N–H and O–H groups in total. The highest BCUT2D eigenvalue weighted by molar-refractivity contribution is 7.89. The fourth-order valence-corrected chi connectivity index (χ4v) is 5.21. The zero-order valence-electron chi connectivity index (χ0n) is 20.7. The van der Waals surface area contributed by atoms with E-state index in [-0.39, 0.29) is 23.9 Å². The Hall–Kier alpha value is -3.58. The van der Waals surface area contributed by atoms with Crippen LogP contribution in [-0.4, -0.2) is 38.8 Å². The van der Waals surface area contributed by atoms with Crippen LogP contribution in [0.1, 0.15) is 22.3 Å². The van der Waals surface area contributed by atoms with Gasteiger partial charge in [-0.1, -0.05) is 30.3 Å². The number of anilines is 1. The number of aryl methyl sites for hydroxylation is 1. The fraction of sp³-hybridized carbons (Fsp3) is 0.269. The van der Waals surface area contributed by atoms with Gasteiger partial charge in [-0.2, -0.15) is 30.6 Å². The van der Waals surface area contributed by atoms with Crippen LogP contribution < -0.4 is 10.1 Å². The molecule has 39 heavy (non-hydrogen) atoms. The minimum absolute atomic E-state index is 0.0711. The lowest BCUT2D eigenvalue weighted by molar-refractivity contribution is -0.143. The third-order valence-corrected chi connectivity index (χ3v) is 7.53. The summed E-state index contributed by atoms with van der Waals surface area (Å²) in [5.74, 6) is -0.697. The molecule has 0 unspecified atom stereocenters. The van der Waals surface area contributed by atoms with Gasteiger partial charge in [0.2, 0.25) is 15.9 Å². The number of benzene rings is 3. The predicted octanol–water partition coefficient (Wildman–Crippen LogP) is 5.91. The van der Waals surface area contributed by atoms with E-state index in [4.69, 9.17) is 4.74 Å². The van der Waals surface area contributed by atoms with Crippen molar-refractivity contribution in [1.29, 1.82) is 0 Å². The molecule has 1 amide bonds. The molecule has 0 aliphatic heterocycles. The van der Waals surface area contributed by atoms with Gasteiger partial charge < -0.3 is 10.1 Å². The molecule has 0 aliphatic carbocycles. The number of carbonyl (C=O) groups excluding carboxylic acids is 1. The van der Waals surface area contributed by atoms with E-state index < -0.39 is 51.6 Å². The molecule has 0 heterocycles. The van der Waals surface area contributed by atoms with Gasteiger partial charge in [0.05, 0.1) is 29.7 Å². The monoisotopic (exact) mass is 574 g/mol. The Morgan fingerprint density at radius 1 is 0.897 bits per heavy atom. The normalized spacial score (nSPS) is 12.4. The first kappa shape index (κ1) is 30.0. The van der Waals surface area contributed by atoms with Crippen molar-refractivity contribution in [2.75, 3.05) is 25.5 Å².